The zero-order chi connectivity index (χ0) is 39.8. The van der Waals surface area contributed by atoms with Crippen molar-refractivity contribution in [3.8, 4) is 50.2 Å². The molecular weight excluding hydrogens is 725 g/mol. The van der Waals surface area contributed by atoms with Crippen LogP contribution in [0.1, 0.15) is 0 Å². The molecule has 0 aliphatic carbocycles. The first kappa shape index (κ1) is 35.2. The Morgan fingerprint density at radius 1 is 0.300 bits per heavy atom. The number of para-hydroxylation sites is 2. The van der Waals surface area contributed by atoms with Gasteiger partial charge in [-0.05, 0) is 111 Å². The van der Waals surface area contributed by atoms with Gasteiger partial charge in [0.25, 0.3) is 0 Å². The molecule has 2 nitrogen and oxygen atoms in total. The maximum absolute atomic E-state index is 2.44. The molecule has 282 valence electrons. The number of anilines is 3. The van der Waals surface area contributed by atoms with E-state index < -0.39 is 0 Å². The van der Waals surface area contributed by atoms with Crippen LogP contribution in [0.15, 0.2) is 243 Å². The van der Waals surface area contributed by atoms with Crippen LogP contribution in [-0.4, -0.2) is 4.57 Å². The number of aromatic nitrogens is 1. The van der Waals surface area contributed by atoms with Gasteiger partial charge in [0.05, 0.1) is 11.0 Å². The highest BCUT2D eigenvalue weighted by molar-refractivity contribution is 6.24. The van der Waals surface area contributed by atoms with Gasteiger partial charge in [0.1, 0.15) is 0 Å². The average molecular weight is 765 g/mol. The van der Waals surface area contributed by atoms with Gasteiger partial charge in [-0.15, -0.1) is 0 Å². The van der Waals surface area contributed by atoms with Crippen LogP contribution in [0.25, 0.3) is 82.8 Å². The average Bonchev–Trinajstić information content (AvgIpc) is 3.68. The maximum Gasteiger partial charge on any atom is 0.0625 e. The monoisotopic (exact) mass is 764 g/mol. The molecule has 0 amide bonds. The van der Waals surface area contributed by atoms with Crippen molar-refractivity contribution >= 4 is 49.6 Å². The highest BCUT2D eigenvalue weighted by atomic mass is 15.1. The molecule has 60 heavy (non-hydrogen) atoms. The SMILES string of the molecule is c1ccc(-c2cccc(N(c3ccc(-c4ccccc4-c4ccccc4)cc3)c3cccc(-c4cc5ccccc5c5c4c4ccccc4n5-c4ccccc4)c3)c2)cc1. The predicted molar refractivity (Wildman–Crippen MR) is 255 cm³/mol. The Morgan fingerprint density at radius 3 is 1.52 bits per heavy atom. The van der Waals surface area contributed by atoms with E-state index in [1.165, 1.54) is 71.5 Å². The normalized spacial score (nSPS) is 11.3. The van der Waals surface area contributed by atoms with Gasteiger partial charge in [0, 0.05) is 38.9 Å². The summed E-state index contributed by atoms with van der Waals surface area (Å²) in [6, 6.07) is 87.8. The highest BCUT2D eigenvalue weighted by Gasteiger charge is 2.21. The first-order valence-electron chi connectivity index (χ1n) is 20.6. The maximum atomic E-state index is 2.44. The molecule has 11 rings (SSSR count). The minimum atomic E-state index is 1.09. The standard InChI is InChI=1S/C58H40N2/c1-4-18-41(19-5-1)44-23-16-27-49(38-44)59(48-36-34-43(35-37-48)52-30-13-12-29-51(52)42-20-6-2-7-21-42)50-28-17-24-45(39-50)55-40-46-22-10-11-31-53(46)58-57(55)54-32-14-15-33-56(54)60(58)47-25-8-3-9-26-47/h1-40H. The summed E-state index contributed by atoms with van der Waals surface area (Å²) in [6.45, 7) is 0. The van der Waals surface area contributed by atoms with E-state index in [0.29, 0.717) is 0 Å². The third-order valence-corrected chi connectivity index (χ3v) is 11.7. The molecular formula is C58H40N2. The highest BCUT2D eigenvalue weighted by Crippen LogP contribution is 2.45. The van der Waals surface area contributed by atoms with E-state index in [-0.39, 0.29) is 0 Å². The fourth-order valence-electron chi connectivity index (χ4n) is 9.02. The van der Waals surface area contributed by atoms with E-state index in [1.54, 1.807) is 0 Å². The van der Waals surface area contributed by atoms with Gasteiger partial charge in [-0.1, -0.05) is 182 Å². The molecule has 1 aromatic heterocycles. The summed E-state index contributed by atoms with van der Waals surface area (Å²) in [5.74, 6) is 0. The van der Waals surface area contributed by atoms with Crippen molar-refractivity contribution < 1.29 is 0 Å². The number of fused-ring (bicyclic) bond motifs is 5. The molecule has 0 saturated carbocycles. The predicted octanol–water partition coefficient (Wildman–Crippen LogP) is 16.1. The van der Waals surface area contributed by atoms with Crippen LogP contribution < -0.4 is 4.90 Å². The van der Waals surface area contributed by atoms with Crippen LogP contribution in [0, 0.1) is 0 Å². The van der Waals surface area contributed by atoms with Gasteiger partial charge >= 0.3 is 0 Å². The smallest absolute Gasteiger partial charge is 0.0625 e. The van der Waals surface area contributed by atoms with Gasteiger partial charge in [-0.3, -0.25) is 0 Å². The molecule has 0 atom stereocenters. The van der Waals surface area contributed by atoms with E-state index >= 15 is 0 Å². The Balaban J connectivity index is 1.11. The lowest BCUT2D eigenvalue weighted by Gasteiger charge is -2.27. The fraction of sp³-hybridized carbons (Fsp3) is 0. The van der Waals surface area contributed by atoms with Crippen molar-refractivity contribution in [3.05, 3.63) is 243 Å². The minimum absolute atomic E-state index is 1.09. The van der Waals surface area contributed by atoms with Crippen molar-refractivity contribution in [2.75, 3.05) is 4.90 Å². The van der Waals surface area contributed by atoms with Crippen LogP contribution in [0.4, 0.5) is 17.1 Å². The Bertz CT molecular complexity index is 3290. The Hall–Kier alpha value is -7.94. The lowest BCUT2D eigenvalue weighted by Crippen LogP contribution is -2.10. The first-order chi connectivity index (χ1) is 29.8. The van der Waals surface area contributed by atoms with Crippen LogP contribution in [-0.2, 0) is 0 Å². The topological polar surface area (TPSA) is 8.17 Å². The zero-order valence-corrected chi connectivity index (χ0v) is 33.0. The number of benzene rings is 10. The number of hydrogen-bond donors (Lipinski definition) is 0. The fourth-order valence-corrected chi connectivity index (χ4v) is 9.02. The summed E-state index contributed by atoms with van der Waals surface area (Å²) in [7, 11) is 0. The van der Waals surface area contributed by atoms with E-state index in [0.717, 1.165) is 28.3 Å². The molecule has 11 aromatic rings. The molecule has 0 aliphatic rings. The second-order valence-electron chi connectivity index (χ2n) is 15.3. The molecule has 0 bridgehead atoms. The lowest BCUT2D eigenvalue weighted by atomic mass is 9.94. The molecule has 0 radical (unpaired) electrons. The third-order valence-electron chi connectivity index (χ3n) is 11.7. The van der Waals surface area contributed by atoms with Gasteiger partial charge in [-0.25, -0.2) is 0 Å². The number of nitrogens with zero attached hydrogens (tertiary/aromatic N) is 2. The summed E-state index contributed by atoms with van der Waals surface area (Å²) in [6.07, 6.45) is 0. The van der Waals surface area contributed by atoms with Crippen LogP contribution >= 0.6 is 0 Å². The van der Waals surface area contributed by atoms with Crippen molar-refractivity contribution in [1.82, 2.24) is 4.57 Å². The zero-order valence-electron chi connectivity index (χ0n) is 33.0. The van der Waals surface area contributed by atoms with Gasteiger partial charge < -0.3 is 9.47 Å². The van der Waals surface area contributed by atoms with Crippen LogP contribution in [0.3, 0.4) is 0 Å². The molecule has 0 unspecified atom stereocenters. The summed E-state index contributed by atoms with van der Waals surface area (Å²) in [5, 5.41) is 4.94. The summed E-state index contributed by atoms with van der Waals surface area (Å²) in [5.41, 5.74) is 16.4. The molecule has 0 N–H and O–H groups in total. The van der Waals surface area contributed by atoms with Crippen molar-refractivity contribution in [1.29, 1.82) is 0 Å². The third kappa shape index (κ3) is 6.23. The lowest BCUT2D eigenvalue weighted by molar-refractivity contribution is 1.19. The molecule has 2 heteroatoms. The van der Waals surface area contributed by atoms with Gasteiger partial charge in [-0.2, -0.15) is 0 Å². The summed E-state index contributed by atoms with van der Waals surface area (Å²) < 4.78 is 2.44. The summed E-state index contributed by atoms with van der Waals surface area (Å²) in [4.78, 5) is 2.40. The second kappa shape index (κ2) is 15.1. The Morgan fingerprint density at radius 2 is 0.817 bits per heavy atom. The molecule has 0 fully saturated rings. The minimum Gasteiger partial charge on any atom is -0.310 e. The second-order valence-corrected chi connectivity index (χ2v) is 15.3. The van der Waals surface area contributed by atoms with Gasteiger partial charge in [0.2, 0.25) is 0 Å². The van der Waals surface area contributed by atoms with Crippen molar-refractivity contribution in [2.45, 2.75) is 0 Å². The van der Waals surface area contributed by atoms with Crippen molar-refractivity contribution in [2.24, 2.45) is 0 Å². The van der Waals surface area contributed by atoms with E-state index in [2.05, 4.69) is 252 Å². The quantitative estimate of drug-likeness (QED) is 0.150. The van der Waals surface area contributed by atoms with E-state index in [4.69, 9.17) is 0 Å². The van der Waals surface area contributed by atoms with Crippen molar-refractivity contribution in [3.63, 3.8) is 0 Å². The number of hydrogen-bond acceptors (Lipinski definition) is 1. The van der Waals surface area contributed by atoms with E-state index in [1.807, 2.05) is 0 Å². The number of rotatable bonds is 8. The molecule has 1 heterocycles. The van der Waals surface area contributed by atoms with E-state index in [9.17, 15) is 0 Å². The van der Waals surface area contributed by atoms with Crippen LogP contribution in [0.5, 0.6) is 0 Å². The Kier molecular flexibility index (Phi) is 8.87. The van der Waals surface area contributed by atoms with Gasteiger partial charge in [0.15, 0.2) is 0 Å². The molecule has 0 saturated heterocycles. The first-order valence-corrected chi connectivity index (χ1v) is 20.6. The molecule has 10 aromatic carbocycles. The summed E-state index contributed by atoms with van der Waals surface area (Å²) >= 11 is 0. The largest absolute Gasteiger partial charge is 0.310 e. The molecule has 0 spiro atoms. The van der Waals surface area contributed by atoms with Crippen LogP contribution in [0.2, 0.25) is 0 Å². The Labute approximate surface area is 350 Å². The molecule has 0 aliphatic heterocycles.